The lowest BCUT2D eigenvalue weighted by molar-refractivity contribution is 0.476. The van der Waals surface area contributed by atoms with E-state index in [4.69, 9.17) is 5.73 Å². The van der Waals surface area contributed by atoms with E-state index in [1.165, 1.54) is 0 Å². The molecule has 1 aromatic heterocycles. The molecule has 0 amide bonds. The van der Waals surface area contributed by atoms with Gasteiger partial charge in [0.2, 0.25) is 0 Å². The maximum atomic E-state index is 9.83. The SMILES string of the molecule is CC(N)c1cnn(C)c1-c1ccccc1O. The van der Waals surface area contributed by atoms with Crippen LogP contribution in [0.4, 0.5) is 0 Å². The number of hydrogen-bond acceptors (Lipinski definition) is 3. The predicted octanol–water partition coefficient (Wildman–Crippen LogP) is 1.81. The van der Waals surface area contributed by atoms with Gasteiger partial charge in [-0.15, -0.1) is 0 Å². The number of aromatic nitrogens is 2. The normalized spacial score (nSPS) is 12.7. The lowest BCUT2D eigenvalue weighted by atomic mass is 10.0. The number of para-hydroxylation sites is 1. The number of nitrogens with zero attached hydrogens (tertiary/aromatic N) is 2. The number of nitrogens with two attached hydrogens (primary N) is 1. The first-order valence-corrected chi connectivity index (χ1v) is 5.17. The number of aromatic hydroxyl groups is 1. The Hall–Kier alpha value is -1.81. The Kier molecular flexibility index (Phi) is 2.66. The molecule has 4 nitrogen and oxygen atoms in total. The summed E-state index contributed by atoms with van der Waals surface area (Å²) in [5, 5.41) is 14.0. The standard InChI is InChI=1S/C12H15N3O/c1-8(13)10-7-14-15(2)12(10)9-5-3-4-6-11(9)16/h3-8,16H,13H2,1-2H3. The van der Waals surface area contributed by atoms with Gasteiger partial charge in [-0.25, -0.2) is 0 Å². The van der Waals surface area contributed by atoms with E-state index in [0.29, 0.717) is 0 Å². The Labute approximate surface area is 94.3 Å². The highest BCUT2D eigenvalue weighted by atomic mass is 16.3. The second kappa shape index (κ2) is 3.98. The van der Waals surface area contributed by atoms with Crippen LogP contribution in [-0.4, -0.2) is 14.9 Å². The van der Waals surface area contributed by atoms with E-state index in [0.717, 1.165) is 16.8 Å². The molecule has 2 aromatic rings. The van der Waals surface area contributed by atoms with Crippen molar-refractivity contribution in [3.63, 3.8) is 0 Å². The summed E-state index contributed by atoms with van der Waals surface area (Å²) in [5.74, 6) is 0.244. The fourth-order valence-electron chi connectivity index (χ4n) is 1.79. The molecule has 0 aliphatic rings. The van der Waals surface area contributed by atoms with Crippen molar-refractivity contribution in [2.45, 2.75) is 13.0 Å². The number of benzene rings is 1. The van der Waals surface area contributed by atoms with Crippen molar-refractivity contribution in [3.8, 4) is 17.0 Å². The fraction of sp³-hybridized carbons (Fsp3) is 0.250. The first-order chi connectivity index (χ1) is 7.61. The number of aryl methyl sites for hydroxylation is 1. The minimum Gasteiger partial charge on any atom is -0.507 e. The summed E-state index contributed by atoms with van der Waals surface area (Å²) >= 11 is 0. The maximum absolute atomic E-state index is 9.83. The summed E-state index contributed by atoms with van der Waals surface area (Å²) in [6.45, 7) is 1.90. The quantitative estimate of drug-likeness (QED) is 0.806. The Morgan fingerprint density at radius 2 is 2.06 bits per heavy atom. The summed E-state index contributed by atoms with van der Waals surface area (Å²) in [4.78, 5) is 0. The smallest absolute Gasteiger partial charge is 0.124 e. The first-order valence-electron chi connectivity index (χ1n) is 5.17. The van der Waals surface area contributed by atoms with Crippen molar-refractivity contribution in [1.82, 2.24) is 9.78 Å². The zero-order valence-electron chi connectivity index (χ0n) is 9.38. The molecule has 2 rings (SSSR count). The summed E-state index contributed by atoms with van der Waals surface area (Å²) in [7, 11) is 1.84. The van der Waals surface area contributed by atoms with Gasteiger partial charge >= 0.3 is 0 Å². The molecule has 3 N–H and O–H groups in total. The van der Waals surface area contributed by atoms with Crippen LogP contribution in [-0.2, 0) is 7.05 Å². The van der Waals surface area contributed by atoms with Crippen LogP contribution >= 0.6 is 0 Å². The Morgan fingerprint density at radius 1 is 1.38 bits per heavy atom. The molecule has 0 spiro atoms. The van der Waals surface area contributed by atoms with Crippen LogP contribution in [0.5, 0.6) is 5.75 Å². The van der Waals surface area contributed by atoms with Crippen LogP contribution < -0.4 is 5.73 Å². The van der Waals surface area contributed by atoms with Crippen molar-refractivity contribution in [3.05, 3.63) is 36.0 Å². The first kappa shape index (κ1) is 10.7. The Morgan fingerprint density at radius 3 is 2.69 bits per heavy atom. The van der Waals surface area contributed by atoms with Gasteiger partial charge in [0, 0.05) is 24.2 Å². The zero-order chi connectivity index (χ0) is 11.7. The van der Waals surface area contributed by atoms with Gasteiger partial charge in [-0.3, -0.25) is 4.68 Å². The van der Waals surface area contributed by atoms with E-state index < -0.39 is 0 Å². The van der Waals surface area contributed by atoms with Crippen LogP contribution in [0.15, 0.2) is 30.5 Å². The number of phenols is 1. The fourth-order valence-corrected chi connectivity index (χ4v) is 1.79. The van der Waals surface area contributed by atoms with Crippen LogP contribution in [0.2, 0.25) is 0 Å². The van der Waals surface area contributed by atoms with Gasteiger partial charge in [-0.05, 0) is 19.1 Å². The molecule has 0 saturated carbocycles. The molecular formula is C12H15N3O. The molecule has 0 fully saturated rings. The second-order valence-corrected chi connectivity index (χ2v) is 3.88. The molecule has 0 aliphatic carbocycles. The van der Waals surface area contributed by atoms with E-state index in [-0.39, 0.29) is 11.8 Å². The highest BCUT2D eigenvalue weighted by Gasteiger charge is 2.16. The molecule has 0 radical (unpaired) electrons. The van der Waals surface area contributed by atoms with Crippen LogP contribution in [0, 0.1) is 0 Å². The number of rotatable bonds is 2. The summed E-state index contributed by atoms with van der Waals surface area (Å²) in [6.07, 6.45) is 1.74. The van der Waals surface area contributed by atoms with Gasteiger partial charge in [0.25, 0.3) is 0 Å². The van der Waals surface area contributed by atoms with Crippen molar-refractivity contribution in [1.29, 1.82) is 0 Å². The number of hydrogen-bond donors (Lipinski definition) is 2. The van der Waals surface area contributed by atoms with Gasteiger partial charge in [0.15, 0.2) is 0 Å². The Bertz CT molecular complexity index is 503. The van der Waals surface area contributed by atoms with Crippen LogP contribution in [0.1, 0.15) is 18.5 Å². The van der Waals surface area contributed by atoms with Crippen molar-refractivity contribution >= 4 is 0 Å². The largest absolute Gasteiger partial charge is 0.507 e. The molecule has 1 heterocycles. The molecule has 1 aromatic carbocycles. The third kappa shape index (κ3) is 1.67. The van der Waals surface area contributed by atoms with Gasteiger partial charge in [0.1, 0.15) is 5.75 Å². The van der Waals surface area contributed by atoms with Crippen molar-refractivity contribution < 1.29 is 5.11 Å². The zero-order valence-corrected chi connectivity index (χ0v) is 9.38. The molecule has 0 aliphatic heterocycles. The van der Waals surface area contributed by atoms with Gasteiger partial charge in [-0.2, -0.15) is 5.10 Å². The summed E-state index contributed by atoms with van der Waals surface area (Å²) in [5.41, 5.74) is 8.44. The highest BCUT2D eigenvalue weighted by molar-refractivity contribution is 5.70. The topological polar surface area (TPSA) is 64.1 Å². The lowest BCUT2D eigenvalue weighted by Crippen LogP contribution is -2.06. The molecule has 16 heavy (non-hydrogen) atoms. The van der Waals surface area contributed by atoms with Crippen molar-refractivity contribution in [2.75, 3.05) is 0 Å². The second-order valence-electron chi connectivity index (χ2n) is 3.88. The van der Waals surface area contributed by atoms with E-state index >= 15 is 0 Å². The van der Waals surface area contributed by atoms with Crippen LogP contribution in [0.25, 0.3) is 11.3 Å². The molecule has 0 saturated heterocycles. The molecule has 1 atom stereocenters. The molecule has 0 bridgehead atoms. The van der Waals surface area contributed by atoms with E-state index in [1.807, 2.05) is 26.1 Å². The van der Waals surface area contributed by atoms with Gasteiger partial charge < -0.3 is 10.8 Å². The predicted molar refractivity (Wildman–Crippen MR) is 62.9 cm³/mol. The molecule has 1 unspecified atom stereocenters. The third-order valence-corrected chi connectivity index (χ3v) is 2.62. The van der Waals surface area contributed by atoms with E-state index in [2.05, 4.69) is 5.10 Å². The monoisotopic (exact) mass is 217 g/mol. The van der Waals surface area contributed by atoms with Crippen molar-refractivity contribution in [2.24, 2.45) is 12.8 Å². The van der Waals surface area contributed by atoms with E-state index in [9.17, 15) is 5.11 Å². The lowest BCUT2D eigenvalue weighted by Gasteiger charge is -2.10. The summed E-state index contributed by atoms with van der Waals surface area (Å²) in [6, 6.07) is 7.09. The third-order valence-electron chi connectivity index (χ3n) is 2.62. The molecule has 4 heteroatoms. The molecule has 84 valence electrons. The van der Waals surface area contributed by atoms with E-state index in [1.54, 1.807) is 23.0 Å². The molecular weight excluding hydrogens is 202 g/mol. The average molecular weight is 217 g/mol. The minimum atomic E-state index is -0.108. The van der Waals surface area contributed by atoms with Crippen LogP contribution in [0.3, 0.4) is 0 Å². The van der Waals surface area contributed by atoms with Gasteiger partial charge in [0.05, 0.1) is 11.9 Å². The Balaban J connectivity index is 2.64. The maximum Gasteiger partial charge on any atom is 0.124 e. The van der Waals surface area contributed by atoms with Gasteiger partial charge in [-0.1, -0.05) is 12.1 Å². The minimum absolute atomic E-state index is 0.108. The summed E-state index contributed by atoms with van der Waals surface area (Å²) < 4.78 is 1.73. The highest BCUT2D eigenvalue weighted by Crippen LogP contribution is 2.32. The number of phenolic OH excluding ortho intramolecular Hbond substituents is 1. The average Bonchev–Trinajstić information content (AvgIpc) is 2.61.